The van der Waals surface area contributed by atoms with Gasteiger partial charge in [0.05, 0.1) is 35.8 Å². The van der Waals surface area contributed by atoms with Gasteiger partial charge in [0.15, 0.2) is 5.65 Å². The molecule has 2 N–H and O–H groups in total. The highest BCUT2D eigenvalue weighted by molar-refractivity contribution is 5.95. The summed E-state index contributed by atoms with van der Waals surface area (Å²) in [5.74, 6) is -0.210. The van der Waals surface area contributed by atoms with Gasteiger partial charge in [-0.05, 0) is 31.3 Å². The molecular weight excluding hydrogens is 416 g/mol. The standard InChI is InChI=1S/C25H28N6O2/c1-3-30(4-2)20(17-32)15-27-25(33)19-10-12-26-23(14-19)21-16-28-31-13-11-22(29-24(21)31)18-8-6-5-7-9-18/h5-14,16,20,32H,3-4,15,17H2,1-2H3,(H,27,33)/t20-/m1/s1. The number of aromatic nitrogens is 4. The maximum absolute atomic E-state index is 12.8. The molecule has 0 saturated heterocycles. The molecule has 3 aromatic heterocycles. The maximum Gasteiger partial charge on any atom is 0.251 e. The van der Waals surface area contributed by atoms with E-state index in [4.69, 9.17) is 4.98 Å². The third-order valence-electron chi connectivity index (χ3n) is 5.77. The number of hydrogen-bond acceptors (Lipinski definition) is 6. The van der Waals surface area contributed by atoms with E-state index in [2.05, 4.69) is 20.3 Å². The molecule has 1 amide bonds. The second-order valence-corrected chi connectivity index (χ2v) is 7.70. The minimum atomic E-state index is -0.210. The van der Waals surface area contributed by atoms with Gasteiger partial charge in [-0.1, -0.05) is 44.2 Å². The average molecular weight is 445 g/mol. The Hall–Kier alpha value is -3.62. The number of fused-ring (bicyclic) bond motifs is 1. The van der Waals surface area contributed by atoms with Crippen molar-refractivity contribution in [3.05, 3.63) is 72.7 Å². The third kappa shape index (κ3) is 4.92. The first-order chi connectivity index (χ1) is 16.1. The summed E-state index contributed by atoms with van der Waals surface area (Å²) in [6.07, 6.45) is 5.19. The van der Waals surface area contributed by atoms with Gasteiger partial charge in [0, 0.05) is 30.1 Å². The summed E-state index contributed by atoms with van der Waals surface area (Å²) in [5.41, 5.74) is 4.39. The molecule has 1 aromatic carbocycles. The summed E-state index contributed by atoms with van der Waals surface area (Å²) >= 11 is 0. The predicted octanol–water partition coefficient (Wildman–Crippen LogP) is 2.89. The first-order valence-corrected chi connectivity index (χ1v) is 11.1. The van der Waals surface area contributed by atoms with E-state index in [0.717, 1.165) is 29.9 Å². The Morgan fingerprint density at radius 1 is 1.12 bits per heavy atom. The summed E-state index contributed by atoms with van der Waals surface area (Å²) in [7, 11) is 0. The van der Waals surface area contributed by atoms with Crippen molar-refractivity contribution in [2.75, 3.05) is 26.2 Å². The minimum Gasteiger partial charge on any atom is -0.395 e. The van der Waals surface area contributed by atoms with Crippen molar-refractivity contribution in [1.29, 1.82) is 0 Å². The molecule has 170 valence electrons. The lowest BCUT2D eigenvalue weighted by Gasteiger charge is -2.28. The van der Waals surface area contributed by atoms with Crippen LogP contribution in [-0.2, 0) is 0 Å². The quantitative estimate of drug-likeness (QED) is 0.412. The van der Waals surface area contributed by atoms with Gasteiger partial charge in [-0.2, -0.15) is 5.10 Å². The Bertz CT molecular complexity index is 1220. The molecule has 8 heteroatoms. The van der Waals surface area contributed by atoms with Crippen molar-refractivity contribution in [2.45, 2.75) is 19.9 Å². The number of rotatable bonds is 9. The molecule has 4 aromatic rings. The molecular formula is C25H28N6O2. The van der Waals surface area contributed by atoms with Crippen molar-refractivity contribution in [2.24, 2.45) is 0 Å². The van der Waals surface area contributed by atoms with E-state index in [1.165, 1.54) is 0 Å². The Kier molecular flexibility index (Phi) is 7.07. The fourth-order valence-electron chi connectivity index (χ4n) is 3.90. The fourth-order valence-corrected chi connectivity index (χ4v) is 3.90. The predicted molar refractivity (Wildman–Crippen MR) is 128 cm³/mol. The van der Waals surface area contributed by atoms with Gasteiger partial charge in [0.25, 0.3) is 5.91 Å². The summed E-state index contributed by atoms with van der Waals surface area (Å²) in [6, 6.07) is 15.2. The van der Waals surface area contributed by atoms with Gasteiger partial charge in [-0.15, -0.1) is 0 Å². The first kappa shape index (κ1) is 22.6. The highest BCUT2D eigenvalue weighted by Crippen LogP contribution is 2.25. The number of amides is 1. The van der Waals surface area contributed by atoms with Crippen LogP contribution in [0.3, 0.4) is 0 Å². The Morgan fingerprint density at radius 3 is 2.64 bits per heavy atom. The van der Waals surface area contributed by atoms with Gasteiger partial charge in [-0.3, -0.25) is 14.7 Å². The van der Waals surface area contributed by atoms with Crippen LogP contribution in [0.25, 0.3) is 28.2 Å². The summed E-state index contributed by atoms with van der Waals surface area (Å²) in [4.78, 5) is 24.2. The lowest BCUT2D eigenvalue weighted by molar-refractivity contribution is 0.0904. The van der Waals surface area contributed by atoms with Gasteiger partial charge >= 0.3 is 0 Å². The van der Waals surface area contributed by atoms with Crippen LogP contribution in [0, 0.1) is 0 Å². The second kappa shape index (κ2) is 10.3. The molecule has 33 heavy (non-hydrogen) atoms. The number of pyridine rings is 1. The average Bonchev–Trinajstić information content (AvgIpc) is 3.30. The van der Waals surface area contributed by atoms with Crippen molar-refractivity contribution in [3.63, 3.8) is 0 Å². The number of nitrogens with one attached hydrogen (secondary N) is 1. The zero-order valence-corrected chi connectivity index (χ0v) is 18.8. The number of likely N-dealkylation sites (N-methyl/N-ethyl adjacent to an activating group) is 1. The molecule has 8 nitrogen and oxygen atoms in total. The molecule has 4 rings (SSSR count). The van der Waals surface area contributed by atoms with Crippen LogP contribution < -0.4 is 5.32 Å². The lowest BCUT2D eigenvalue weighted by atomic mass is 10.1. The van der Waals surface area contributed by atoms with E-state index >= 15 is 0 Å². The SMILES string of the molecule is CCN(CC)[C@@H](CO)CNC(=O)c1ccnc(-c2cnn3ccc(-c4ccccc4)nc23)c1. The molecule has 3 heterocycles. The summed E-state index contributed by atoms with van der Waals surface area (Å²) < 4.78 is 1.70. The number of benzene rings is 1. The number of nitrogens with zero attached hydrogens (tertiary/aromatic N) is 5. The van der Waals surface area contributed by atoms with Crippen molar-refractivity contribution >= 4 is 11.6 Å². The summed E-state index contributed by atoms with van der Waals surface area (Å²) in [5, 5.41) is 17.0. The van der Waals surface area contributed by atoms with E-state index in [-0.39, 0.29) is 18.6 Å². The third-order valence-corrected chi connectivity index (χ3v) is 5.77. The summed E-state index contributed by atoms with van der Waals surface area (Å²) in [6.45, 7) is 6.05. The van der Waals surface area contributed by atoms with Crippen molar-refractivity contribution in [1.82, 2.24) is 29.8 Å². The molecule has 0 unspecified atom stereocenters. The van der Waals surface area contributed by atoms with Crippen LogP contribution in [0.1, 0.15) is 24.2 Å². The van der Waals surface area contributed by atoms with Crippen LogP contribution >= 0.6 is 0 Å². The Morgan fingerprint density at radius 2 is 1.91 bits per heavy atom. The van der Waals surface area contributed by atoms with Crippen LogP contribution in [0.4, 0.5) is 0 Å². The van der Waals surface area contributed by atoms with Gasteiger partial charge in [0.2, 0.25) is 0 Å². The van der Waals surface area contributed by atoms with Gasteiger partial charge in [0.1, 0.15) is 0 Å². The van der Waals surface area contributed by atoms with Gasteiger partial charge < -0.3 is 10.4 Å². The van der Waals surface area contributed by atoms with Crippen LogP contribution in [0.15, 0.2) is 67.1 Å². The zero-order valence-electron chi connectivity index (χ0n) is 18.8. The maximum atomic E-state index is 12.8. The normalized spacial score (nSPS) is 12.2. The number of aliphatic hydroxyl groups excluding tert-OH is 1. The Balaban J connectivity index is 1.58. The van der Waals surface area contributed by atoms with E-state index in [1.54, 1.807) is 29.0 Å². The molecule has 1 atom stereocenters. The smallest absolute Gasteiger partial charge is 0.251 e. The van der Waals surface area contributed by atoms with Crippen LogP contribution in [0.2, 0.25) is 0 Å². The zero-order chi connectivity index (χ0) is 23.2. The van der Waals surface area contributed by atoms with Gasteiger partial charge in [-0.25, -0.2) is 9.50 Å². The monoisotopic (exact) mass is 444 g/mol. The number of carbonyl (C=O) groups excluding carboxylic acids is 1. The number of aliphatic hydroxyl groups is 1. The largest absolute Gasteiger partial charge is 0.395 e. The van der Waals surface area contributed by atoms with Crippen LogP contribution in [-0.4, -0.2) is 67.8 Å². The number of hydrogen-bond donors (Lipinski definition) is 2. The molecule has 0 aliphatic carbocycles. The van der Waals surface area contributed by atoms with Crippen molar-refractivity contribution in [3.8, 4) is 22.5 Å². The van der Waals surface area contributed by atoms with E-state index < -0.39 is 0 Å². The molecule has 0 aliphatic heterocycles. The molecule has 0 bridgehead atoms. The first-order valence-electron chi connectivity index (χ1n) is 11.1. The van der Waals surface area contributed by atoms with E-state index in [0.29, 0.717) is 23.4 Å². The van der Waals surface area contributed by atoms with E-state index in [9.17, 15) is 9.90 Å². The minimum absolute atomic E-state index is 0.0125. The molecule has 0 saturated carbocycles. The molecule has 0 fully saturated rings. The van der Waals surface area contributed by atoms with E-state index in [1.807, 2.05) is 56.4 Å². The Labute approximate surface area is 192 Å². The topological polar surface area (TPSA) is 95.7 Å². The second-order valence-electron chi connectivity index (χ2n) is 7.70. The highest BCUT2D eigenvalue weighted by atomic mass is 16.3. The highest BCUT2D eigenvalue weighted by Gasteiger charge is 2.17. The van der Waals surface area contributed by atoms with Crippen LogP contribution in [0.5, 0.6) is 0 Å². The molecule has 0 aliphatic rings. The molecule has 0 spiro atoms. The van der Waals surface area contributed by atoms with Crippen molar-refractivity contribution < 1.29 is 9.90 Å². The number of carbonyl (C=O) groups is 1. The fraction of sp³-hybridized carbons (Fsp3) is 0.280. The lowest BCUT2D eigenvalue weighted by Crippen LogP contribution is -2.46. The molecule has 0 radical (unpaired) electrons.